The van der Waals surface area contributed by atoms with E-state index >= 15 is 0 Å². The highest BCUT2D eigenvalue weighted by Gasteiger charge is 2.31. The van der Waals surface area contributed by atoms with E-state index in [1.165, 1.54) is 11.3 Å². The van der Waals surface area contributed by atoms with Gasteiger partial charge in [-0.1, -0.05) is 0 Å². The first-order valence-corrected chi connectivity index (χ1v) is 8.84. The molecule has 1 N–H and O–H groups in total. The van der Waals surface area contributed by atoms with Gasteiger partial charge in [0.15, 0.2) is 0 Å². The highest BCUT2D eigenvalue weighted by molar-refractivity contribution is 7.17. The largest absolute Gasteiger partial charge is 0.462 e. The summed E-state index contributed by atoms with van der Waals surface area (Å²) in [5.41, 5.74) is 1.56. The number of fused-ring (bicyclic) bond motifs is 1. The van der Waals surface area contributed by atoms with Crippen LogP contribution in [-0.2, 0) is 27.2 Å². The van der Waals surface area contributed by atoms with Gasteiger partial charge in [0.05, 0.1) is 12.2 Å². The lowest BCUT2D eigenvalue weighted by Gasteiger charge is -2.22. The summed E-state index contributed by atoms with van der Waals surface area (Å²) in [6.45, 7) is 4.42. The molecule has 0 saturated carbocycles. The van der Waals surface area contributed by atoms with Crippen molar-refractivity contribution in [3.05, 3.63) is 16.0 Å². The third kappa shape index (κ3) is 3.41. The van der Waals surface area contributed by atoms with Gasteiger partial charge in [0, 0.05) is 24.6 Å². The van der Waals surface area contributed by atoms with Gasteiger partial charge in [0.2, 0.25) is 0 Å². The summed E-state index contributed by atoms with van der Waals surface area (Å²) >= 11 is 1.48. The molecule has 1 aromatic heterocycles. The first-order chi connectivity index (χ1) is 11.1. The number of likely N-dealkylation sites (N-methyl/N-ethyl adjacent to an activating group) is 1. The minimum atomic E-state index is -0.410. The average molecular weight is 338 g/mol. The van der Waals surface area contributed by atoms with E-state index in [0.717, 1.165) is 42.8 Å². The Morgan fingerprint density at radius 1 is 1.48 bits per heavy atom. The summed E-state index contributed by atoms with van der Waals surface area (Å²) in [5.74, 6) is -0.516. The Labute approximate surface area is 139 Å². The van der Waals surface area contributed by atoms with Crippen LogP contribution in [-0.4, -0.2) is 49.7 Å². The molecule has 2 aliphatic rings. The molecule has 7 heteroatoms. The second-order valence-corrected chi connectivity index (χ2v) is 7.01. The minimum absolute atomic E-state index is 0.167. The van der Waals surface area contributed by atoms with E-state index in [9.17, 15) is 9.59 Å². The molecule has 1 amide bonds. The predicted molar refractivity (Wildman–Crippen MR) is 87.9 cm³/mol. The molecule has 2 aliphatic heterocycles. The van der Waals surface area contributed by atoms with Crippen LogP contribution in [0.2, 0.25) is 0 Å². The van der Waals surface area contributed by atoms with Crippen molar-refractivity contribution in [1.29, 1.82) is 0 Å². The summed E-state index contributed by atoms with van der Waals surface area (Å²) in [6, 6.07) is 0. The van der Waals surface area contributed by atoms with E-state index in [-0.39, 0.29) is 11.9 Å². The Bertz CT molecular complexity index is 607. The molecule has 3 rings (SSSR count). The summed E-state index contributed by atoms with van der Waals surface area (Å²) in [5, 5.41) is 3.50. The zero-order valence-electron chi connectivity index (χ0n) is 13.5. The number of nitrogens with zero attached hydrogens (tertiary/aromatic N) is 1. The summed E-state index contributed by atoms with van der Waals surface area (Å²) in [4.78, 5) is 28.0. The van der Waals surface area contributed by atoms with Crippen molar-refractivity contribution in [1.82, 2.24) is 4.90 Å². The molecule has 23 heavy (non-hydrogen) atoms. The number of nitrogens with one attached hydrogen (secondary N) is 1. The van der Waals surface area contributed by atoms with Crippen molar-refractivity contribution < 1.29 is 19.1 Å². The monoisotopic (exact) mass is 338 g/mol. The summed E-state index contributed by atoms with van der Waals surface area (Å²) in [7, 11) is 2.05. The number of anilines is 1. The van der Waals surface area contributed by atoms with Gasteiger partial charge < -0.3 is 19.7 Å². The van der Waals surface area contributed by atoms with E-state index in [4.69, 9.17) is 9.47 Å². The zero-order chi connectivity index (χ0) is 16.4. The number of amides is 1. The van der Waals surface area contributed by atoms with E-state index in [1.54, 1.807) is 6.92 Å². The first kappa shape index (κ1) is 16.4. The molecule has 1 saturated heterocycles. The van der Waals surface area contributed by atoms with Crippen molar-refractivity contribution in [3.63, 3.8) is 0 Å². The topological polar surface area (TPSA) is 67.9 Å². The first-order valence-electron chi connectivity index (χ1n) is 8.02. The summed E-state index contributed by atoms with van der Waals surface area (Å²) in [6.07, 6.45) is 2.02. The van der Waals surface area contributed by atoms with Crippen molar-refractivity contribution in [2.75, 3.05) is 32.1 Å². The number of esters is 1. The molecular formula is C16H22N2O4S. The smallest absolute Gasteiger partial charge is 0.341 e. The number of ether oxygens (including phenoxy) is 2. The minimum Gasteiger partial charge on any atom is -0.462 e. The number of carbonyl (C=O) groups excluding carboxylic acids is 2. The Morgan fingerprint density at radius 2 is 2.30 bits per heavy atom. The van der Waals surface area contributed by atoms with E-state index in [2.05, 4.69) is 17.3 Å². The molecule has 126 valence electrons. The number of rotatable bonds is 4. The van der Waals surface area contributed by atoms with Crippen LogP contribution in [0.5, 0.6) is 0 Å². The number of hydrogen-bond acceptors (Lipinski definition) is 6. The van der Waals surface area contributed by atoms with Crippen molar-refractivity contribution >= 4 is 28.2 Å². The van der Waals surface area contributed by atoms with Crippen LogP contribution in [0.25, 0.3) is 0 Å². The Balaban J connectivity index is 1.88. The lowest BCUT2D eigenvalue weighted by molar-refractivity contribution is -0.124. The van der Waals surface area contributed by atoms with Gasteiger partial charge in [-0.2, -0.15) is 0 Å². The van der Waals surface area contributed by atoms with Gasteiger partial charge in [0.1, 0.15) is 11.1 Å². The molecule has 0 aromatic carbocycles. The summed E-state index contributed by atoms with van der Waals surface area (Å²) < 4.78 is 10.6. The fourth-order valence-corrected chi connectivity index (χ4v) is 4.33. The molecule has 0 bridgehead atoms. The van der Waals surface area contributed by atoms with Crippen LogP contribution in [0.15, 0.2) is 0 Å². The molecule has 0 radical (unpaired) electrons. The highest BCUT2D eigenvalue weighted by atomic mass is 32.1. The van der Waals surface area contributed by atoms with Gasteiger partial charge in [-0.05, 0) is 38.8 Å². The maximum atomic E-state index is 12.4. The highest BCUT2D eigenvalue weighted by Crippen LogP contribution is 2.37. The fourth-order valence-electron chi connectivity index (χ4n) is 3.02. The normalized spacial score (nSPS) is 21.0. The van der Waals surface area contributed by atoms with Crippen molar-refractivity contribution in [2.24, 2.45) is 0 Å². The predicted octanol–water partition coefficient (Wildman–Crippen LogP) is 2.03. The van der Waals surface area contributed by atoms with Crippen molar-refractivity contribution in [2.45, 2.75) is 38.8 Å². The van der Waals surface area contributed by atoms with Crippen LogP contribution < -0.4 is 5.32 Å². The number of carbonyl (C=O) groups is 2. The molecule has 1 unspecified atom stereocenters. The molecule has 1 aromatic rings. The molecule has 3 heterocycles. The number of hydrogen-bond donors (Lipinski definition) is 1. The van der Waals surface area contributed by atoms with E-state index < -0.39 is 6.10 Å². The maximum Gasteiger partial charge on any atom is 0.341 e. The molecule has 1 atom stereocenters. The third-order valence-corrected chi connectivity index (χ3v) is 5.32. The van der Waals surface area contributed by atoms with Gasteiger partial charge in [0.25, 0.3) is 5.91 Å². The zero-order valence-corrected chi connectivity index (χ0v) is 14.3. The standard InChI is InChI=1S/C16H22N2O4S/c1-3-21-16(20)13-10-6-7-18(2)9-12(10)23-15(13)17-14(19)11-5-4-8-22-11/h11H,3-9H2,1-2H3,(H,17,19). The second kappa shape index (κ2) is 6.98. The molecule has 6 nitrogen and oxygen atoms in total. The SMILES string of the molecule is CCOC(=O)c1c(NC(=O)C2CCCO2)sc2c1CCN(C)C2. The quantitative estimate of drug-likeness (QED) is 0.851. The lowest BCUT2D eigenvalue weighted by Crippen LogP contribution is -2.28. The maximum absolute atomic E-state index is 12.4. The number of thiophene rings is 1. The second-order valence-electron chi connectivity index (χ2n) is 5.91. The Kier molecular flexibility index (Phi) is 4.99. The van der Waals surface area contributed by atoms with Gasteiger partial charge >= 0.3 is 5.97 Å². The molecule has 0 aliphatic carbocycles. The molecule has 0 spiro atoms. The van der Waals surface area contributed by atoms with E-state index in [0.29, 0.717) is 23.8 Å². The van der Waals surface area contributed by atoms with E-state index in [1.807, 2.05) is 0 Å². The van der Waals surface area contributed by atoms with Crippen LogP contribution in [0.1, 0.15) is 40.6 Å². The van der Waals surface area contributed by atoms with Gasteiger partial charge in [-0.3, -0.25) is 4.79 Å². The Hall–Kier alpha value is -1.44. The Morgan fingerprint density at radius 3 is 3.00 bits per heavy atom. The van der Waals surface area contributed by atoms with Crippen LogP contribution in [0.4, 0.5) is 5.00 Å². The van der Waals surface area contributed by atoms with Gasteiger partial charge in [-0.15, -0.1) is 11.3 Å². The van der Waals surface area contributed by atoms with Crippen LogP contribution in [0.3, 0.4) is 0 Å². The third-order valence-electron chi connectivity index (χ3n) is 4.19. The van der Waals surface area contributed by atoms with Gasteiger partial charge in [-0.25, -0.2) is 4.79 Å². The lowest BCUT2D eigenvalue weighted by atomic mass is 10.0. The fraction of sp³-hybridized carbons (Fsp3) is 0.625. The molecule has 1 fully saturated rings. The average Bonchev–Trinajstić information content (AvgIpc) is 3.14. The van der Waals surface area contributed by atoms with Crippen molar-refractivity contribution in [3.8, 4) is 0 Å². The molecular weight excluding hydrogens is 316 g/mol. The van der Waals surface area contributed by atoms with Crippen LogP contribution in [0, 0.1) is 0 Å². The van der Waals surface area contributed by atoms with Crippen LogP contribution >= 0.6 is 11.3 Å².